The molecule has 146 valence electrons. The van der Waals surface area contributed by atoms with Crippen molar-refractivity contribution in [3.63, 3.8) is 0 Å². The monoisotopic (exact) mass is 391 g/mol. The number of hydrogen-bond donors (Lipinski definition) is 3. The average Bonchev–Trinajstić information content (AvgIpc) is 2.70. The van der Waals surface area contributed by atoms with Gasteiger partial charge < -0.3 is 25.2 Å². The highest BCUT2D eigenvalue weighted by Gasteiger charge is 2.09. The molecule has 0 amide bonds. The molecule has 3 N–H and O–H groups in total. The first kappa shape index (κ1) is 20.9. The quantitative estimate of drug-likeness (QED) is 0.476. The van der Waals surface area contributed by atoms with E-state index in [0.717, 1.165) is 17.7 Å². The van der Waals surface area contributed by atoms with Gasteiger partial charge in [-0.1, -0.05) is 29.8 Å². The van der Waals surface area contributed by atoms with Gasteiger partial charge >= 0.3 is 0 Å². The molecule has 2 aromatic carbocycles. The summed E-state index contributed by atoms with van der Waals surface area (Å²) < 4.78 is 10.6. The Morgan fingerprint density at radius 2 is 1.78 bits per heavy atom. The fourth-order valence-electron chi connectivity index (χ4n) is 2.49. The van der Waals surface area contributed by atoms with Crippen LogP contribution in [0.1, 0.15) is 24.2 Å². The van der Waals surface area contributed by atoms with Crippen molar-refractivity contribution >= 4 is 17.6 Å². The molecule has 0 aromatic heterocycles. The van der Waals surface area contributed by atoms with Crippen LogP contribution in [0.15, 0.2) is 47.5 Å². The molecule has 0 bridgehead atoms. The zero-order chi connectivity index (χ0) is 19.6. The number of methoxy groups -OCH3 is 2. The second kappa shape index (κ2) is 10.6. The summed E-state index contributed by atoms with van der Waals surface area (Å²) in [5.41, 5.74) is 1.78. The van der Waals surface area contributed by atoms with Crippen LogP contribution in [0.4, 0.5) is 0 Å². The number of benzene rings is 2. The molecule has 0 aliphatic rings. The fraction of sp³-hybridized carbons (Fsp3) is 0.350. The summed E-state index contributed by atoms with van der Waals surface area (Å²) in [5, 5.41) is 17.3. The van der Waals surface area contributed by atoms with Crippen LogP contribution in [0.5, 0.6) is 11.5 Å². The van der Waals surface area contributed by atoms with Crippen LogP contribution in [-0.2, 0) is 6.54 Å². The van der Waals surface area contributed by atoms with E-state index in [1.165, 1.54) is 0 Å². The van der Waals surface area contributed by atoms with Crippen LogP contribution in [0.3, 0.4) is 0 Å². The second-order valence-electron chi connectivity index (χ2n) is 5.83. The van der Waals surface area contributed by atoms with E-state index in [9.17, 15) is 5.11 Å². The fourth-order valence-corrected chi connectivity index (χ4v) is 2.61. The molecule has 2 aromatic rings. The Bertz CT molecular complexity index is 751. The molecule has 0 aliphatic heterocycles. The molecule has 0 saturated carbocycles. The standard InChI is InChI=1S/C20H26ClN3O3/c1-4-22-20(24-13-17(25)15-6-8-16(21)9-7-15)23-12-14-5-10-18(26-2)19(11-14)27-3/h5-11,17,25H,4,12-13H2,1-3H3,(H2,22,23,24). The third-order valence-corrected chi connectivity index (χ3v) is 4.18. The summed E-state index contributed by atoms with van der Waals surface area (Å²) in [5.74, 6) is 1.97. The lowest BCUT2D eigenvalue weighted by molar-refractivity contribution is 0.181. The van der Waals surface area contributed by atoms with E-state index >= 15 is 0 Å². The molecule has 1 unspecified atom stereocenters. The van der Waals surface area contributed by atoms with E-state index in [2.05, 4.69) is 15.6 Å². The zero-order valence-electron chi connectivity index (χ0n) is 15.8. The summed E-state index contributed by atoms with van der Waals surface area (Å²) in [6.45, 7) is 3.50. The Labute approximate surface area is 165 Å². The van der Waals surface area contributed by atoms with Crippen molar-refractivity contribution in [1.29, 1.82) is 0 Å². The van der Waals surface area contributed by atoms with Crippen molar-refractivity contribution in [2.45, 2.75) is 19.6 Å². The van der Waals surface area contributed by atoms with Crippen LogP contribution in [0.25, 0.3) is 0 Å². The van der Waals surface area contributed by atoms with Crippen molar-refractivity contribution in [2.75, 3.05) is 27.3 Å². The Balaban J connectivity index is 2.00. The number of aliphatic hydroxyl groups excluding tert-OH is 1. The van der Waals surface area contributed by atoms with Crippen LogP contribution in [-0.4, -0.2) is 38.4 Å². The minimum atomic E-state index is -0.660. The van der Waals surface area contributed by atoms with E-state index in [4.69, 9.17) is 21.1 Å². The molecule has 27 heavy (non-hydrogen) atoms. The predicted octanol–water partition coefficient (Wildman–Crippen LogP) is 3.15. The number of halogens is 1. The lowest BCUT2D eigenvalue weighted by Gasteiger charge is -2.16. The highest BCUT2D eigenvalue weighted by molar-refractivity contribution is 6.30. The van der Waals surface area contributed by atoms with E-state index < -0.39 is 6.10 Å². The Morgan fingerprint density at radius 1 is 1.07 bits per heavy atom. The van der Waals surface area contributed by atoms with Gasteiger partial charge in [0, 0.05) is 18.1 Å². The van der Waals surface area contributed by atoms with Crippen molar-refractivity contribution in [3.8, 4) is 11.5 Å². The topological polar surface area (TPSA) is 75.1 Å². The maximum Gasteiger partial charge on any atom is 0.191 e. The number of rotatable bonds is 8. The van der Waals surface area contributed by atoms with Crippen LogP contribution in [0, 0.1) is 0 Å². The summed E-state index contributed by atoms with van der Waals surface area (Å²) in [4.78, 5) is 4.56. The molecule has 0 saturated heterocycles. The summed E-state index contributed by atoms with van der Waals surface area (Å²) >= 11 is 5.88. The molecule has 0 radical (unpaired) electrons. The number of aliphatic hydroxyl groups is 1. The minimum Gasteiger partial charge on any atom is -0.493 e. The van der Waals surface area contributed by atoms with Gasteiger partial charge in [0.1, 0.15) is 0 Å². The number of hydrogen-bond acceptors (Lipinski definition) is 4. The SMILES string of the molecule is CCNC(=NCc1ccc(OC)c(OC)c1)NCC(O)c1ccc(Cl)cc1. The highest BCUT2D eigenvalue weighted by Crippen LogP contribution is 2.27. The molecular formula is C20H26ClN3O3. The molecule has 0 spiro atoms. The Kier molecular flexibility index (Phi) is 8.23. The average molecular weight is 392 g/mol. The largest absolute Gasteiger partial charge is 0.493 e. The summed E-state index contributed by atoms with van der Waals surface area (Å²) in [7, 11) is 3.21. The van der Waals surface area contributed by atoms with Gasteiger partial charge in [-0.2, -0.15) is 0 Å². The molecule has 0 heterocycles. The van der Waals surface area contributed by atoms with Crippen molar-refractivity contribution in [3.05, 3.63) is 58.6 Å². The van der Waals surface area contributed by atoms with Crippen LogP contribution >= 0.6 is 11.6 Å². The highest BCUT2D eigenvalue weighted by atomic mass is 35.5. The molecular weight excluding hydrogens is 366 g/mol. The molecule has 2 rings (SSSR count). The van der Waals surface area contributed by atoms with Crippen LogP contribution in [0.2, 0.25) is 5.02 Å². The third-order valence-electron chi connectivity index (χ3n) is 3.93. The molecule has 0 aliphatic carbocycles. The lowest BCUT2D eigenvalue weighted by Crippen LogP contribution is -2.39. The maximum atomic E-state index is 10.3. The van der Waals surface area contributed by atoms with Gasteiger partial charge in [-0.3, -0.25) is 0 Å². The zero-order valence-corrected chi connectivity index (χ0v) is 16.6. The van der Waals surface area contributed by atoms with Crippen molar-refractivity contribution in [2.24, 2.45) is 4.99 Å². The van der Waals surface area contributed by atoms with E-state index in [0.29, 0.717) is 35.6 Å². The molecule has 6 nitrogen and oxygen atoms in total. The Hall–Kier alpha value is -2.44. The minimum absolute atomic E-state index is 0.333. The van der Waals surface area contributed by atoms with Gasteiger partial charge in [0.05, 0.1) is 26.9 Å². The van der Waals surface area contributed by atoms with E-state index in [1.54, 1.807) is 26.4 Å². The van der Waals surface area contributed by atoms with E-state index in [1.807, 2.05) is 37.3 Å². The van der Waals surface area contributed by atoms with Gasteiger partial charge in [-0.25, -0.2) is 4.99 Å². The molecule has 1 atom stereocenters. The van der Waals surface area contributed by atoms with Crippen molar-refractivity contribution < 1.29 is 14.6 Å². The smallest absolute Gasteiger partial charge is 0.191 e. The second-order valence-corrected chi connectivity index (χ2v) is 6.27. The first-order valence-electron chi connectivity index (χ1n) is 8.74. The first-order valence-corrected chi connectivity index (χ1v) is 9.11. The lowest BCUT2D eigenvalue weighted by atomic mass is 10.1. The summed E-state index contributed by atoms with van der Waals surface area (Å²) in [6, 6.07) is 12.8. The molecule has 0 fully saturated rings. The van der Waals surface area contributed by atoms with Gasteiger partial charge in [0.25, 0.3) is 0 Å². The predicted molar refractivity (Wildman–Crippen MR) is 109 cm³/mol. The molecule has 7 heteroatoms. The van der Waals surface area contributed by atoms with Gasteiger partial charge in [-0.05, 0) is 42.3 Å². The number of nitrogens with one attached hydrogen (secondary N) is 2. The third kappa shape index (κ3) is 6.34. The normalized spacial score (nSPS) is 12.4. The van der Waals surface area contributed by atoms with Crippen molar-refractivity contribution in [1.82, 2.24) is 10.6 Å². The first-order chi connectivity index (χ1) is 13.1. The van der Waals surface area contributed by atoms with Gasteiger partial charge in [-0.15, -0.1) is 0 Å². The number of aliphatic imine (C=N–C) groups is 1. The Morgan fingerprint density at radius 3 is 2.41 bits per heavy atom. The van der Waals surface area contributed by atoms with E-state index in [-0.39, 0.29) is 0 Å². The number of nitrogens with zero attached hydrogens (tertiary/aromatic N) is 1. The van der Waals surface area contributed by atoms with Crippen LogP contribution < -0.4 is 20.1 Å². The van der Waals surface area contributed by atoms with Gasteiger partial charge in [0.15, 0.2) is 17.5 Å². The maximum absolute atomic E-state index is 10.3. The van der Waals surface area contributed by atoms with Gasteiger partial charge in [0.2, 0.25) is 0 Å². The summed E-state index contributed by atoms with van der Waals surface area (Å²) in [6.07, 6.45) is -0.660. The number of ether oxygens (including phenoxy) is 2. The number of guanidine groups is 1.